The second-order valence-electron chi connectivity index (χ2n) is 10.4. The molecule has 5 nitrogen and oxygen atoms in total. The molecule has 0 amide bonds. The maximum absolute atomic E-state index is 4.83. The van der Waals surface area contributed by atoms with Crippen LogP contribution in [0.4, 0.5) is 11.8 Å². The SMILES string of the molecule is CCCCC/C(=C\c1ccccc1)CNC[C@H]1CC[C@@H](Nc2nc(N(C)C)c3ccccc3n2)CC1. The van der Waals surface area contributed by atoms with Gasteiger partial charge in [-0.25, -0.2) is 4.98 Å². The first kappa shape index (κ1) is 26.2. The van der Waals surface area contributed by atoms with Gasteiger partial charge >= 0.3 is 0 Å². The molecule has 36 heavy (non-hydrogen) atoms. The molecule has 1 aliphatic carbocycles. The zero-order chi connectivity index (χ0) is 25.2. The van der Waals surface area contributed by atoms with Gasteiger partial charge in [0.1, 0.15) is 5.82 Å². The predicted octanol–water partition coefficient (Wildman–Crippen LogP) is 6.92. The van der Waals surface area contributed by atoms with Gasteiger partial charge < -0.3 is 15.5 Å². The highest BCUT2D eigenvalue weighted by Gasteiger charge is 2.22. The highest BCUT2D eigenvalue weighted by Crippen LogP contribution is 2.28. The Balaban J connectivity index is 1.27. The molecule has 0 bridgehead atoms. The molecule has 0 atom stereocenters. The van der Waals surface area contributed by atoms with E-state index in [9.17, 15) is 0 Å². The van der Waals surface area contributed by atoms with E-state index in [1.54, 1.807) is 0 Å². The smallest absolute Gasteiger partial charge is 0.225 e. The van der Waals surface area contributed by atoms with Crippen molar-refractivity contribution in [2.45, 2.75) is 64.3 Å². The van der Waals surface area contributed by atoms with Crippen LogP contribution >= 0.6 is 0 Å². The molecule has 1 aliphatic rings. The number of rotatable bonds is 12. The molecule has 0 saturated heterocycles. The second-order valence-corrected chi connectivity index (χ2v) is 10.4. The summed E-state index contributed by atoms with van der Waals surface area (Å²) in [5.74, 6) is 2.47. The minimum absolute atomic E-state index is 0.444. The molecule has 0 spiro atoms. The normalized spacial score (nSPS) is 18.4. The Labute approximate surface area is 217 Å². The average Bonchev–Trinajstić information content (AvgIpc) is 2.90. The molecular formula is C31H43N5. The third kappa shape index (κ3) is 7.54. The van der Waals surface area contributed by atoms with E-state index < -0.39 is 0 Å². The van der Waals surface area contributed by atoms with Gasteiger partial charge in [-0.1, -0.05) is 73.9 Å². The van der Waals surface area contributed by atoms with Crippen molar-refractivity contribution in [1.29, 1.82) is 0 Å². The lowest BCUT2D eigenvalue weighted by molar-refractivity contribution is 0.327. The van der Waals surface area contributed by atoms with Crippen LogP contribution < -0.4 is 15.5 Å². The number of benzene rings is 2. The highest BCUT2D eigenvalue weighted by atomic mass is 15.2. The Kier molecular flexibility index (Phi) is 9.74. The number of fused-ring (bicyclic) bond motifs is 1. The standard InChI is InChI=1S/C31H43N5/c1-4-5-7-14-26(21-24-12-8-6-9-13-24)23-32-22-25-17-19-27(20-18-25)33-31-34-29-16-11-10-15-28(29)30(35-31)36(2)3/h6,8-13,15-16,21,25,27,32H,4-5,7,14,17-20,22-23H2,1-3H3,(H,33,34,35)/b26-21+/t25-,27+. The molecule has 1 heterocycles. The minimum atomic E-state index is 0.444. The van der Waals surface area contributed by atoms with Crippen molar-refractivity contribution in [3.05, 3.63) is 65.7 Å². The quantitative estimate of drug-likeness (QED) is 0.273. The summed E-state index contributed by atoms with van der Waals surface area (Å²) in [7, 11) is 4.09. The number of aromatic nitrogens is 2. The van der Waals surface area contributed by atoms with Crippen LogP contribution in [0.1, 0.15) is 63.9 Å². The van der Waals surface area contributed by atoms with Crippen molar-refractivity contribution in [2.24, 2.45) is 5.92 Å². The van der Waals surface area contributed by atoms with Crippen LogP contribution in [0.3, 0.4) is 0 Å². The molecule has 0 unspecified atom stereocenters. The van der Waals surface area contributed by atoms with E-state index in [4.69, 9.17) is 9.97 Å². The van der Waals surface area contributed by atoms with Crippen molar-refractivity contribution in [3.8, 4) is 0 Å². The van der Waals surface area contributed by atoms with E-state index in [0.29, 0.717) is 6.04 Å². The summed E-state index contributed by atoms with van der Waals surface area (Å²) in [6, 6.07) is 19.4. The van der Waals surface area contributed by atoms with Crippen molar-refractivity contribution in [2.75, 3.05) is 37.4 Å². The summed E-state index contributed by atoms with van der Waals surface area (Å²) in [4.78, 5) is 11.7. The van der Waals surface area contributed by atoms with Gasteiger partial charge in [0.2, 0.25) is 5.95 Å². The molecule has 192 valence electrons. The summed E-state index contributed by atoms with van der Waals surface area (Å²) in [5, 5.41) is 8.52. The van der Waals surface area contributed by atoms with Gasteiger partial charge in [-0.05, 0) is 68.7 Å². The Morgan fingerprint density at radius 1 is 0.944 bits per heavy atom. The molecule has 5 heteroatoms. The van der Waals surface area contributed by atoms with Gasteiger partial charge in [-0.15, -0.1) is 0 Å². The average molecular weight is 486 g/mol. The van der Waals surface area contributed by atoms with Crippen LogP contribution in [0.15, 0.2) is 60.2 Å². The van der Waals surface area contributed by atoms with Crippen molar-refractivity contribution >= 4 is 28.7 Å². The monoisotopic (exact) mass is 485 g/mol. The first-order chi connectivity index (χ1) is 17.6. The van der Waals surface area contributed by atoms with E-state index in [2.05, 4.69) is 71.0 Å². The first-order valence-electron chi connectivity index (χ1n) is 13.8. The summed E-state index contributed by atoms with van der Waals surface area (Å²) < 4.78 is 0. The maximum Gasteiger partial charge on any atom is 0.225 e. The van der Waals surface area contributed by atoms with Gasteiger partial charge in [-0.2, -0.15) is 4.98 Å². The Bertz CT molecular complexity index is 1100. The molecule has 2 N–H and O–H groups in total. The lowest BCUT2D eigenvalue weighted by Crippen LogP contribution is -2.32. The van der Waals surface area contributed by atoms with Gasteiger partial charge in [0.05, 0.1) is 5.52 Å². The summed E-state index contributed by atoms with van der Waals surface area (Å²) in [6.45, 7) is 4.37. The van der Waals surface area contributed by atoms with Crippen molar-refractivity contribution in [3.63, 3.8) is 0 Å². The summed E-state index contributed by atoms with van der Waals surface area (Å²) in [6.07, 6.45) is 12.2. The summed E-state index contributed by atoms with van der Waals surface area (Å²) >= 11 is 0. The molecule has 1 aromatic heterocycles. The molecule has 4 rings (SSSR count). The van der Waals surface area contributed by atoms with E-state index in [0.717, 1.165) is 41.7 Å². The fraction of sp³-hybridized carbons (Fsp3) is 0.484. The third-order valence-electron chi connectivity index (χ3n) is 7.24. The van der Waals surface area contributed by atoms with Gasteiger partial charge in [0, 0.05) is 32.1 Å². The first-order valence-corrected chi connectivity index (χ1v) is 13.8. The number of para-hydroxylation sites is 1. The van der Waals surface area contributed by atoms with E-state index >= 15 is 0 Å². The van der Waals surface area contributed by atoms with Gasteiger partial charge in [0.15, 0.2) is 0 Å². The van der Waals surface area contributed by atoms with Gasteiger partial charge in [0.25, 0.3) is 0 Å². The molecular weight excluding hydrogens is 442 g/mol. The van der Waals surface area contributed by atoms with Crippen LogP contribution in [0, 0.1) is 5.92 Å². The fourth-order valence-electron chi connectivity index (χ4n) is 5.19. The molecule has 0 radical (unpaired) electrons. The number of unbranched alkanes of at least 4 members (excludes halogenated alkanes) is 2. The predicted molar refractivity (Wildman–Crippen MR) is 155 cm³/mol. The lowest BCUT2D eigenvalue weighted by Gasteiger charge is -2.29. The molecule has 0 aliphatic heterocycles. The number of anilines is 2. The van der Waals surface area contributed by atoms with E-state index in [1.165, 1.54) is 62.5 Å². The van der Waals surface area contributed by atoms with Crippen LogP contribution in [-0.2, 0) is 0 Å². The zero-order valence-electron chi connectivity index (χ0n) is 22.3. The van der Waals surface area contributed by atoms with Crippen molar-refractivity contribution in [1.82, 2.24) is 15.3 Å². The third-order valence-corrected chi connectivity index (χ3v) is 7.24. The van der Waals surface area contributed by atoms with Gasteiger partial charge in [-0.3, -0.25) is 0 Å². The number of nitrogens with zero attached hydrogens (tertiary/aromatic N) is 3. The fourth-order valence-corrected chi connectivity index (χ4v) is 5.19. The van der Waals surface area contributed by atoms with E-state index in [1.807, 2.05) is 26.2 Å². The van der Waals surface area contributed by atoms with Crippen LogP contribution in [0.2, 0.25) is 0 Å². The Hall–Kier alpha value is -2.92. The summed E-state index contributed by atoms with van der Waals surface area (Å²) in [5.41, 5.74) is 3.83. The molecule has 3 aromatic rings. The van der Waals surface area contributed by atoms with Crippen LogP contribution in [0.25, 0.3) is 17.0 Å². The molecule has 1 fully saturated rings. The molecule has 2 aromatic carbocycles. The second kappa shape index (κ2) is 13.4. The maximum atomic E-state index is 4.83. The topological polar surface area (TPSA) is 53.1 Å². The van der Waals surface area contributed by atoms with Crippen LogP contribution in [-0.4, -0.2) is 43.2 Å². The number of hydrogen-bond donors (Lipinski definition) is 2. The van der Waals surface area contributed by atoms with Crippen LogP contribution in [0.5, 0.6) is 0 Å². The van der Waals surface area contributed by atoms with Crippen molar-refractivity contribution < 1.29 is 0 Å². The Morgan fingerprint density at radius 2 is 1.69 bits per heavy atom. The Morgan fingerprint density at radius 3 is 2.44 bits per heavy atom. The number of hydrogen-bond acceptors (Lipinski definition) is 5. The highest BCUT2D eigenvalue weighted by molar-refractivity contribution is 5.90. The largest absolute Gasteiger partial charge is 0.362 e. The zero-order valence-corrected chi connectivity index (χ0v) is 22.3. The number of nitrogens with one attached hydrogen (secondary N) is 2. The minimum Gasteiger partial charge on any atom is -0.362 e. The molecule has 1 saturated carbocycles. The van der Waals surface area contributed by atoms with E-state index in [-0.39, 0.29) is 0 Å². The lowest BCUT2D eigenvalue weighted by atomic mass is 9.86.